The second-order valence-corrected chi connectivity index (χ2v) is 16.2. The van der Waals surface area contributed by atoms with Crippen LogP contribution in [-0.4, -0.2) is 20.2 Å². The molecule has 172 valence electrons. The summed E-state index contributed by atoms with van der Waals surface area (Å²) in [4.78, 5) is 0. The van der Waals surface area contributed by atoms with Crippen molar-refractivity contribution >= 4 is 8.32 Å². The third-order valence-electron chi connectivity index (χ3n) is 9.30. The van der Waals surface area contributed by atoms with E-state index >= 15 is 0 Å². The highest BCUT2D eigenvalue weighted by atomic mass is 28.4. The van der Waals surface area contributed by atoms with Gasteiger partial charge < -0.3 is 9.16 Å². The Labute approximate surface area is 188 Å². The van der Waals surface area contributed by atoms with Crippen LogP contribution < -0.4 is 0 Å². The van der Waals surface area contributed by atoms with Gasteiger partial charge in [-0.1, -0.05) is 57.9 Å². The SMILES string of the molecule is CC[Si](CC)(CC)O[C@@H]1O[C@@]2(C)CC[C@@H]3C/C=C(\C)CC/C=C(\C)C[C@H]1C2C3(C)C. The predicted molar refractivity (Wildman–Crippen MR) is 131 cm³/mol. The highest BCUT2D eigenvalue weighted by Gasteiger charge is 2.62. The van der Waals surface area contributed by atoms with E-state index in [1.54, 1.807) is 5.57 Å². The van der Waals surface area contributed by atoms with Gasteiger partial charge in [0.15, 0.2) is 14.6 Å². The Kier molecular flexibility index (Phi) is 7.47. The number of allylic oxidation sites excluding steroid dienone is 4. The van der Waals surface area contributed by atoms with Crippen molar-refractivity contribution in [3.8, 4) is 0 Å². The smallest absolute Gasteiger partial charge is 0.195 e. The van der Waals surface area contributed by atoms with E-state index in [0.29, 0.717) is 11.8 Å². The van der Waals surface area contributed by atoms with Gasteiger partial charge in [0, 0.05) is 11.8 Å². The molecule has 1 unspecified atom stereocenters. The van der Waals surface area contributed by atoms with E-state index in [4.69, 9.17) is 9.16 Å². The van der Waals surface area contributed by atoms with Crippen LogP contribution in [0.5, 0.6) is 0 Å². The van der Waals surface area contributed by atoms with Crippen molar-refractivity contribution in [1.82, 2.24) is 0 Å². The lowest BCUT2D eigenvalue weighted by Gasteiger charge is -2.52. The van der Waals surface area contributed by atoms with Gasteiger partial charge in [-0.3, -0.25) is 0 Å². The summed E-state index contributed by atoms with van der Waals surface area (Å²) < 4.78 is 14.1. The maximum absolute atomic E-state index is 7.09. The van der Waals surface area contributed by atoms with E-state index in [2.05, 4.69) is 67.5 Å². The van der Waals surface area contributed by atoms with Crippen LogP contribution in [0.15, 0.2) is 23.3 Å². The summed E-state index contributed by atoms with van der Waals surface area (Å²) in [6.45, 7) is 19.2. The van der Waals surface area contributed by atoms with Gasteiger partial charge in [-0.25, -0.2) is 0 Å². The highest BCUT2D eigenvalue weighted by molar-refractivity contribution is 6.73. The van der Waals surface area contributed by atoms with Gasteiger partial charge in [0.1, 0.15) is 0 Å². The standard InChI is InChI=1S/C27H48O2Si/c1-9-30(10-2,11-3)29-25-23-19-21(5)14-12-13-20(4)15-16-22-17-18-27(8,28-25)24(23)26(22,6)7/h14-15,22-25H,9-13,16-19H2,1-8H3/b20-15+,21-14+/t22-,23-,24?,25-,27-/m0/s1. The van der Waals surface area contributed by atoms with Crippen molar-refractivity contribution in [2.45, 2.75) is 124 Å². The molecule has 3 aliphatic rings. The van der Waals surface area contributed by atoms with Crippen molar-refractivity contribution in [3.63, 3.8) is 0 Å². The first kappa shape index (κ1) is 24.3. The minimum Gasteiger partial charge on any atom is -0.392 e. The average molecular weight is 433 g/mol. The summed E-state index contributed by atoms with van der Waals surface area (Å²) in [7, 11) is -1.72. The fourth-order valence-corrected chi connectivity index (χ4v) is 9.83. The van der Waals surface area contributed by atoms with Crippen molar-refractivity contribution < 1.29 is 9.16 Å². The van der Waals surface area contributed by atoms with Crippen LogP contribution in [0, 0.1) is 23.2 Å². The van der Waals surface area contributed by atoms with Crippen molar-refractivity contribution in [2.24, 2.45) is 23.2 Å². The quantitative estimate of drug-likeness (QED) is 0.321. The lowest BCUT2D eigenvalue weighted by Crippen LogP contribution is -2.51. The van der Waals surface area contributed by atoms with Crippen LogP contribution in [0.25, 0.3) is 0 Å². The zero-order chi connectivity index (χ0) is 22.2. The minimum absolute atomic E-state index is 0.0203. The molecule has 0 aromatic rings. The van der Waals surface area contributed by atoms with Crippen LogP contribution in [-0.2, 0) is 9.16 Å². The van der Waals surface area contributed by atoms with Gasteiger partial charge in [-0.15, -0.1) is 0 Å². The summed E-state index contributed by atoms with van der Waals surface area (Å²) >= 11 is 0. The van der Waals surface area contributed by atoms with Gasteiger partial charge in [-0.05, 0) is 88.8 Å². The number of hydrogen-bond donors (Lipinski definition) is 0. The van der Waals surface area contributed by atoms with Crippen LogP contribution >= 0.6 is 0 Å². The molecule has 1 heterocycles. The van der Waals surface area contributed by atoms with Crippen LogP contribution in [0.4, 0.5) is 0 Å². The normalized spacial score (nSPS) is 40.5. The molecule has 30 heavy (non-hydrogen) atoms. The molecule has 0 aromatic heterocycles. The lowest BCUT2D eigenvalue weighted by atomic mass is 9.53. The number of ether oxygens (including phenoxy) is 1. The minimum atomic E-state index is -1.72. The number of rotatable bonds is 5. The van der Waals surface area contributed by atoms with Gasteiger partial charge in [0.05, 0.1) is 5.60 Å². The van der Waals surface area contributed by atoms with Crippen molar-refractivity contribution in [1.29, 1.82) is 0 Å². The molecule has 0 aromatic carbocycles. The van der Waals surface area contributed by atoms with E-state index in [9.17, 15) is 0 Å². The Morgan fingerprint density at radius 3 is 2.33 bits per heavy atom. The molecule has 1 saturated heterocycles. The number of hydrogen-bond acceptors (Lipinski definition) is 2. The van der Waals surface area contributed by atoms with E-state index in [1.165, 1.54) is 55.8 Å². The summed E-state index contributed by atoms with van der Waals surface area (Å²) in [5.74, 6) is 1.78. The largest absolute Gasteiger partial charge is 0.392 e. The Balaban J connectivity index is 2.01. The van der Waals surface area contributed by atoms with E-state index in [-0.39, 0.29) is 17.3 Å². The molecule has 3 rings (SSSR count). The van der Waals surface area contributed by atoms with Gasteiger partial charge in [0.25, 0.3) is 0 Å². The van der Waals surface area contributed by atoms with Crippen LogP contribution in [0.3, 0.4) is 0 Å². The summed E-state index contributed by atoms with van der Waals surface area (Å²) in [5, 5.41) is 0. The molecule has 1 saturated carbocycles. The maximum atomic E-state index is 7.09. The van der Waals surface area contributed by atoms with Crippen molar-refractivity contribution in [3.05, 3.63) is 23.3 Å². The summed E-state index contributed by atoms with van der Waals surface area (Å²) in [6.07, 6.45) is 12.2. The molecule has 0 radical (unpaired) electrons. The van der Waals surface area contributed by atoms with Crippen LogP contribution in [0.1, 0.15) is 93.9 Å². The molecule has 2 aliphatic carbocycles. The third-order valence-corrected chi connectivity index (χ3v) is 13.9. The molecule has 2 bridgehead atoms. The highest BCUT2D eigenvalue weighted by Crippen LogP contribution is 2.61. The fourth-order valence-electron chi connectivity index (χ4n) is 7.12. The summed E-state index contributed by atoms with van der Waals surface area (Å²) in [6, 6.07) is 3.58. The Morgan fingerprint density at radius 1 is 1.03 bits per heavy atom. The van der Waals surface area contributed by atoms with Crippen LogP contribution in [0.2, 0.25) is 18.1 Å². The zero-order valence-corrected chi connectivity index (χ0v) is 22.1. The second kappa shape index (κ2) is 9.23. The first-order valence-corrected chi connectivity index (χ1v) is 15.3. The first-order chi connectivity index (χ1) is 14.1. The Hall–Kier alpha value is -0.383. The fraction of sp³-hybridized carbons (Fsp3) is 0.852. The monoisotopic (exact) mass is 432 g/mol. The molecule has 0 N–H and O–H groups in total. The molecule has 2 nitrogen and oxygen atoms in total. The molecule has 3 heteroatoms. The van der Waals surface area contributed by atoms with Crippen molar-refractivity contribution in [2.75, 3.05) is 0 Å². The van der Waals surface area contributed by atoms with Gasteiger partial charge >= 0.3 is 0 Å². The molecule has 0 spiro atoms. The molecule has 0 amide bonds. The predicted octanol–water partition coefficient (Wildman–Crippen LogP) is 8.26. The van der Waals surface area contributed by atoms with E-state index in [1.807, 2.05) is 0 Å². The van der Waals surface area contributed by atoms with E-state index in [0.717, 1.165) is 12.3 Å². The zero-order valence-electron chi connectivity index (χ0n) is 21.1. The lowest BCUT2D eigenvalue weighted by molar-refractivity contribution is -0.156. The topological polar surface area (TPSA) is 18.5 Å². The average Bonchev–Trinajstić information content (AvgIpc) is 2.97. The Morgan fingerprint density at radius 2 is 1.70 bits per heavy atom. The molecule has 5 atom stereocenters. The molecular formula is C27H48O2Si. The third kappa shape index (κ3) is 4.54. The van der Waals surface area contributed by atoms with E-state index < -0.39 is 8.32 Å². The van der Waals surface area contributed by atoms with Gasteiger partial charge in [-0.2, -0.15) is 0 Å². The summed E-state index contributed by atoms with van der Waals surface area (Å²) in [5.41, 5.74) is 3.31. The second-order valence-electron chi connectivity index (χ2n) is 11.4. The maximum Gasteiger partial charge on any atom is 0.195 e. The molecular weight excluding hydrogens is 384 g/mol. The van der Waals surface area contributed by atoms with Gasteiger partial charge in [0.2, 0.25) is 0 Å². The molecule has 2 fully saturated rings. The number of fused-ring (bicyclic) bond motifs is 1. The Bertz CT molecular complexity index is 652. The molecule has 1 aliphatic heterocycles. The first-order valence-electron chi connectivity index (χ1n) is 12.8.